The number of piperazine rings is 1. The number of thiophene rings is 1. The molecule has 4 aliphatic rings. The number of nitrogens with zero attached hydrogens (tertiary/aromatic N) is 2. The maximum atomic E-state index is 3.82. The zero-order valence-electron chi connectivity index (χ0n) is 18.4. The second kappa shape index (κ2) is 7.84. The number of benzene rings is 1. The Morgan fingerprint density at radius 1 is 0.968 bits per heavy atom. The maximum Gasteiger partial charge on any atom is 0.0736 e. The molecule has 4 aliphatic heterocycles. The van der Waals surface area contributed by atoms with Crippen molar-refractivity contribution in [2.45, 2.75) is 25.8 Å². The Labute approximate surface area is 189 Å². The summed E-state index contributed by atoms with van der Waals surface area (Å²) in [5, 5.41) is 10.9. The first kappa shape index (κ1) is 19.6. The van der Waals surface area contributed by atoms with Gasteiger partial charge in [0, 0.05) is 61.8 Å². The van der Waals surface area contributed by atoms with Crippen LogP contribution in [0, 0.1) is 12.3 Å². The van der Waals surface area contributed by atoms with Crippen molar-refractivity contribution in [3.8, 4) is 0 Å². The summed E-state index contributed by atoms with van der Waals surface area (Å²) in [5.74, 6) is 0. The summed E-state index contributed by atoms with van der Waals surface area (Å²) in [6.45, 7) is 11.3. The van der Waals surface area contributed by atoms with Crippen molar-refractivity contribution in [3.63, 3.8) is 0 Å². The van der Waals surface area contributed by atoms with Crippen LogP contribution >= 0.6 is 11.3 Å². The standard InChI is InChI=1S/C25H33N5S/c1-18-14-22-24(31-18)23(30-11-7-25(17-30)6-8-27-16-25)15-21(28-22)19-2-4-20(5-3-19)29-12-9-26-10-13-29/h2-5,14-15,21,26-28H,6-13,16-17H2,1H3. The lowest BCUT2D eigenvalue weighted by molar-refractivity contribution is 0.331. The fourth-order valence-corrected chi connectivity index (χ4v) is 6.81. The van der Waals surface area contributed by atoms with Gasteiger partial charge >= 0.3 is 0 Å². The quantitative estimate of drug-likeness (QED) is 0.687. The van der Waals surface area contributed by atoms with Gasteiger partial charge in [-0.3, -0.25) is 0 Å². The van der Waals surface area contributed by atoms with Crippen LogP contribution in [-0.2, 0) is 0 Å². The van der Waals surface area contributed by atoms with Crippen LogP contribution in [0.4, 0.5) is 11.4 Å². The van der Waals surface area contributed by atoms with Crippen LogP contribution in [0.5, 0.6) is 0 Å². The van der Waals surface area contributed by atoms with Gasteiger partial charge in [-0.05, 0) is 56.1 Å². The van der Waals surface area contributed by atoms with Crippen molar-refractivity contribution in [1.29, 1.82) is 0 Å². The van der Waals surface area contributed by atoms with Crippen LogP contribution in [0.25, 0.3) is 5.70 Å². The van der Waals surface area contributed by atoms with Gasteiger partial charge in [0.25, 0.3) is 0 Å². The predicted molar refractivity (Wildman–Crippen MR) is 131 cm³/mol. The van der Waals surface area contributed by atoms with Crippen molar-refractivity contribution < 1.29 is 0 Å². The number of likely N-dealkylation sites (tertiary alicyclic amines) is 1. The Morgan fingerprint density at radius 3 is 2.58 bits per heavy atom. The largest absolute Gasteiger partial charge is 0.373 e. The van der Waals surface area contributed by atoms with Gasteiger partial charge in [0.1, 0.15) is 0 Å². The minimum Gasteiger partial charge on any atom is -0.373 e. The molecule has 3 saturated heterocycles. The molecule has 6 heteroatoms. The molecule has 6 rings (SSSR count). The van der Waals surface area contributed by atoms with E-state index in [0.29, 0.717) is 5.41 Å². The highest BCUT2D eigenvalue weighted by molar-refractivity contribution is 7.13. The van der Waals surface area contributed by atoms with Crippen LogP contribution in [0.1, 0.15) is 34.2 Å². The summed E-state index contributed by atoms with van der Waals surface area (Å²) in [6.07, 6.45) is 5.12. The number of aryl methyl sites for hydroxylation is 1. The van der Waals surface area contributed by atoms with Gasteiger partial charge in [-0.1, -0.05) is 12.1 Å². The first-order valence-corrected chi connectivity index (χ1v) is 12.6. The van der Waals surface area contributed by atoms with Gasteiger partial charge in [0.05, 0.1) is 22.3 Å². The summed E-state index contributed by atoms with van der Waals surface area (Å²) < 4.78 is 0. The molecule has 1 aromatic heterocycles. The van der Waals surface area contributed by atoms with E-state index in [1.54, 1.807) is 0 Å². The van der Waals surface area contributed by atoms with E-state index >= 15 is 0 Å². The Morgan fingerprint density at radius 2 is 1.81 bits per heavy atom. The van der Waals surface area contributed by atoms with E-state index in [9.17, 15) is 0 Å². The highest BCUT2D eigenvalue weighted by atomic mass is 32.1. The molecular formula is C25H33N5S. The molecule has 2 unspecified atom stereocenters. The van der Waals surface area contributed by atoms with E-state index in [2.05, 4.69) is 69.1 Å². The molecule has 1 aromatic carbocycles. The van der Waals surface area contributed by atoms with Gasteiger partial charge in [-0.2, -0.15) is 0 Å². The Bertz CT molecular complexity index is 966. The average Bonchev–Trinajstić information content (AvgIpc) is 3.54. The second-order valence-corrected chi connectivity index (χ2v) is 11.0. The second-order valence-electron chi connectivity index (χ2n) is 9.70. The lowest BCUT2D eigenvalue weighted by Crippen LogP contribution is -2.43. The number of hydrogen-bond donors (Lipinski definition) is 3. The molecule has 0 aliphatic carbocycles. The van der Waals surface area contributed by atoms with Crippen molar-refractivity contribution in [1.82, 2.24) is 15.5 Å². The molecule has 0 saturated carbocycles. The molecule has 5 heterocycles. The molecule has 2 aromatic rings. The zero-order chi connectivity index (χ0) is 20.8. The highest BCUT2D eigenvalue weighted by Crippen LogP contribution is 2.46. The Hall–Kier alpha value is -2.02. The molecule has 3 N–H and O–H groups in total. The molecule has 0 bridgehead atoms. The Balaban J connectivity index is 1.28. The van der Waals surface area contributed by atoms with Crippen LogP contribution < -0.4 is 20.9 Å². The third-order valence-electron chi connectivity index (χ3n) is 7.57. The van der Waals surface area contributed by atoms with Crippen LogP contribution in [0.2, 0.25) is 0 Å². The third-order valence-corrected chi connectivity index (χ3v) is 8.64. The van der Waals surface area contributed by atoms with E-state index in [4.69, 9.17) is 0 Å². The van der Waals surface area contributed by atoms with E-state index in [-0.39, 0.29) is 6.04 Å². The van der Waals surface area contributed by atoms with Gasteiger partial charge in [-0.25, -0.2) is 0 Å². The molecule has 31 heavy (non-hydrogen) atoms. The van der Waals surface area contributed by atoms with Gasteiger partial charge in [0.15, 0.2) is 0 Å². The maximum absolute atomic E-state index is 3.82. The van der Waals surface area contributed by atoms with Crippen LogP contribution in [-0.4, -0.2) is 57.3 Å². The number of hydrogen-bond acceptors (Lipinski definition) is 6. The normalized spacial score (nSPS) is 28.0. The van der Waals surface area contributed by atoms with E-state index in [0.717, 1.165) is 26.2 Å². The number of rotatable bonds is 3. The van der Waals surface area contributed by atoms with Crippen molar-refractivity contribution in [2.24, 2.45) is 5.41 Å². The minimum atomic E-state index is 0.229. The number of anilines is 2. The average molecular weight is 436 g/mol. The Kier molecular flexibility index (Phi) is 4.97. The number of nitrogens with one attached hydrogen (secondary N) is 3. The fourth-order valence-electron chi connectivity index (χ4n) is 5.78. The van der Waals surface area contributed by atoms with E-state index < -0.39 is 0 Å². The monoisotopic (exact) mass is 435 g/mol. The molecule has 3 fully saturated rings. The summed E-state index contributed by atoms with van der Waals surface area (Å²) in [7, 11) is 0. The van der Waals surface area contributed by atoms with E-state index in [1.807, 2.05) is 11.3 Å². The lowest BCUT2D eigenvalue weighted by Gasteiger charge is -2.32. The zero-order valence-corrected chi connectivity index (χ0v) is 19.2. The molecule has 164 valence electrons. The van der Waals surface area contributed by atoms with Gasteiger partial charge in [-0.15, -0.1) is 11.3 Å². The fraction of sp³-hybridized carbons (Fsp3) is 0.520. The topological polar surface area (TPSA) is 42.6 Å². The molecule has 5 nitrogen and oxygen atoms in total. The summed E-state index contributed by atoms with van der Waals surface area (Å²) in [5.41, 5.74) is 5.93. The molecule has 2 atom stereocenters. The van der Waals surface area contributed by atoms with Crippen molar-refractivity contribution in [2.75, 3.05) is 62.6 Å². The summed E-state index contributed by atoms with van der Waals surface area (Å²) in [6, 6.07) is 11.8. The summed E-state index contributed by atoms with van der Waals surface area (Å²) >= 11 is 1.93. The SMILES string of the molecule is Cc1cc2c(s1)C(N1CCC3(CCNC3)C1)=CC(c1ccc(N3CCNCC3)cc1)N2. The molecule has 0 amide bonds. The van der Waals surface area contributed by atoms with E-state index in [1.165, 1.54) is 71.4 Å². The molecule has 1 spiro atoms. The van der Waals surface area contributed by atoms with Gasteiger partial charge < -0.3 is 25.8 Å². The highest BCUT2D eigenvalue weighted by Gasteiger charge is 2.42. The predicted octanol–water partition coefficient (Wildman–Crippen LogP) is 3.66. The summed E-state index contributed by atoms with van der Waals surface area (Å²) in [4.78, 5) is 7.96. The smallest absolute Gasteiger partial charge is 0.0736 e. The van der Waals surface area contributed by atoms with Crippen molar-refractivity contribution in [3.05, 3.63) is 51.7 Å². The molecule has 0 radical (unpaired) electrons. The van der Waals surface area contributed by atoms with Crippen LogP contribution in [0.15, 0.2) is 36.4 Å². The first-order chi connectivity index (χ1) is 15.2. The molecular weight excluding hydrogens is 402 g/mol. The minimum absolute atomic E-state index is 0.229. The van der Waals surface area contributed by atoms with Crippen LogP contribution in [0.3, 0.4) is 0 Å². The third kappa shape index (κ3) is 3.65. The van der Waals surface area contributed by atoms with Gasteiger partial charge in [0.2, 0.25) is 0 Å². The van der Waals surface area contributed by atoms with Crippen molar-refractivity contribution >= 4 is 28.4 Å². The lowest BCUT2D eigenvalue weighted by atomic mass is 9.86. The first-order valence-electron chi connectivity index (χ1n) is 11.8. The number of fused-ring (bicyclic) bond motifs is 1.